The molecule has 1 aliphatic heterocycles. The van der Waals surface area contributed by atoms with Crippen molar-refractivity contribution in [3.63, 3.8) is 0 Å². The van der Waals surface area contributed by atoms with Gasteiger partial charge in [-0.2, -0.15) is 4.31 Å². The predicted octanol–water partition coefficient (Wildman–Crippen LogP) is 2.85. The molecule has 8 nitrogen and oxygen atoms in total. The molecule has 0 saturated carbocycles. The molecular weight excluding hydrogens is 426 g/mol. The summed E-state index contributed by atoms with van der Waals surface area (Å²) in [6, 6.07) is 13.5. The van der Waals surface area contributed by atoms with Gasteiger partial charge in [0, 0.05) is 54.1 Å². The Morgan fingerprint density at radius 3 is 2.75 bits per heavy atom. The first kappa shape index (κ1) is 19.5. The summed E-state index contributed by atoms with van der Waals surface area (Å²) in [5.41, 5.74) is 3.40. The number of aryl methyl sites for hydroxylation is 1. The van der Waals surface area contributed by atoms with Crippen LogP contribution in [0, 0.1) is 0 Å². The van der Waals surface area contributed by atoms with Crippen molar-refractivity contribution >= 4 is 20.9 Å². The first-order valence-corrected chi connectivity index (χ1v) is 12.1. The number of ether oxygens (including phenoxy) is 1. The molecule has 1 fully saturated rings. The number of nitrogens with one attached hydrogen (secondary N) is 1. The van der Waals surface area contributed by atoms with E-state index in [4.69, 9.17) is 4.74 Å². The standard InChI is InChI=1S/C23H23N5O3S/c1-27-13-22(25-14-27)32(29,30)28-12-20(31-21-8-4-5-9-24-21)18-11-15(28)10-17-16-6-2-3-7-19(16)26-23(17)18/h2-9,13-15,18,20,26H,10-12H2,1H3/t15-,18+,20-/m0/s1. The van der Waals surface area contributed by atoms with Crippen molar-refractivity contribution < 1.29 is 13.2 Å². The number of pyridine rings is 1. The molecule has 0 radical (unpaired) electrons. The summed E-state index contributed by atoms with van der Waals surface area (Å²) in [5.74, 6) is 0.544. The first-order valence-electron chi connectivity index (χ1n) is 10.7. The molecule has 0 spiro atoms. The molecule has 2 aliphatic rings. The Morgan fingerprint density at radius 2 is 1.97 bits per heavy atom. The van der Waals surface area contributed by atoms with Gasteiger partial charge in [-0.1, -0.05) is 24.3 Å². The fourth-order valence-corrected chi connectivity index (χ4v) is 6.74. The highest BCUT2D eigenvalue weighted by atomic mass is 32.2. The van der Waals surface area contributed by atoms with Crippen molar-refractivity contribution in [1.82, 2.24) is 23.8 Å². The van der Waals surface area contributed by atoms with Gasteiger partial charge in [0.2, 0.25) is 5.88 Å². The van der Waals surface area contributed by atoms with E-state index in [-0.39, 0.29) is 29.6 Å². The zero-order valence-corrected chi connectivity index (χ0v) is 18.4. The van der Waals surface area contributed by atoms with Crippen molar-refractivity contribution in [2.75, 3.05) is 6.54 Å². The molecule has 1 aliphatic carbocycles. The third-order valence-corrected chi connectivity index (χ3v) is 8.37. The van der Waals surface area contributed by atoms with Gasteiger partial charge < -0.3 is 14.3 Å². The van der Waals surface area contributed by atoms with Crippen molar-refractivity contribution in [2.24, 2.45) is 7.05 Å². The summed E-state index contributed by atoms with van der Waals surface area (Å²) in [6.45, 7) is 0.250. The number of rotatable bonds is 4. The summed E-state index contributed by atoms with van der Waals surface area (Å²) in [4.78, 5) is 12.0. The Bertz CT molecular complexity index is 1400. The van der Waals surface area contributed by atoms with Crippen LogP contribution < -0.4 is 4.74 Å². The molecule has 2 bridgehead atoms. The van der Waals surface area contributed by atoms with Gasteiger partial charge in [-0.25, -0.2) is 18.4 Å². The van der Waals surface area contributed by atoms with Gasteiger partial charge in [-0.3, -0.25) is 0 Å². The number of para-hydroxylation sites is 1. The number of aromatic amines is 1. The number of fused-ring (bicyclic) bond motifs is 6. The minimum atomic E-state index is -3.77. The molecule has 164 valence electrons. The lowest BCUT2D eigenvalue weighted by Gasteiger charge is -2.45. The fourth-order valence-electron chi connectivity index (χ4n) is 5.13. The lowest BCUT2D eigenvalue weighted by Crippen LogP contribution is -2.56. The van der Waals surface area contributed by atoms with Gasteiger partial charge in [0.1, 0.15) is 6.10 Å². The summed E-state index contributed by atoms with van der Waals surface area (Å²) >= 11 is 0. The van der Waals surface area contributed by atoms with Crippen LogP contribution in [-0.2, 0) is 23.5 Å². The van der Waals surface area contributed by atoms with E-state index in [2.05, 4.69) is 27.1 Å². The van der Waals surface area contributed by atoms with Gasteiger partial charge in [-0.05, 0) is 30.5 Å². The lowest BCUT2D eigenvalue weighted by atomic mass is 9.77. The number of hydrogen-bond acceptors (Lipinski definition) is 5. The molecule has 1 aromatic carbocycles. The Hall–Kier alpha value is -3.17. The molecule has 4 heterocycles. The number of piperidine rings is 1. The average molecular weight is 450 g/mol. The molecule has 3 atom stereocenters. The highest BCUT2D eigenvalue weighted by Gasteiger charge is 2.48. The van der Waals surface area contributed by atoms with E-state index in [0.717, 1.165) is 16.6 Å². The van der Waals surface area contributed by atoms with Crippen LogP contribution in [0.25, 0.3) is 10.9 Å². The van der Waals surface area contributed by atoms with E-state index in [0.29, 0.717) is 18.7 Å². The van der Waals surface area contributed by atoms with E-state index in [9.17, 15) is 8.42 Å². The number of H-pyrrole nitrogens is 1. The quantitative estimate of drug-likeness (QED) is 0.517. The van der Waals surface area contributed by atoms with Crippen molar-refractivity contribution in [3.8, 4) is 5.88 Å². The number of imidazole rings is 1. The van der Waals surface area contributed by atoms with E-state index in [1.165, 1.54) is 11.9 Å². The van der Waals surface area contributed by atoms with Crippen LogP contribution >= 0.6 is 0 Å². The Balaban J connectivity index is 1.46. The normalized spacial score (nSPS) is 23.2. The Kier molecular flexibility index (Phi) is 4.38. The fraction of sp³-hybridized carbons (Fsp3) is 0.304. The van der Waals surface area contributed by atoms with Crippen molar-refractivity contribution in [2.45, 2.75) is 35.9 Å². The Morgan fingerprint density at radius 1 is 1.12 bits per heavy atom. The monoisotopic (exact) mass is 449 g/mol. The van der Waals surface area contributed by atoms with Gasteiger partial charge in [0.05, 0.1) is 12.9 Å². The minimum absolute atomic E-state index is 0.0494. The van der Waals surface area contributed by atoms with Gasteiger partial charge >= 0.3 is 0 Å². The van der Waals surface area contributed by atoms with Crippen LogP contribution in [0.2, 0.25) is 0 Å². The topological polar surface area (TPSA) is 93.1 Å². The highest BCUT2D eigenvalue weighted by Crippen LogP contribution is 2.44. The van der Waals surface area contributed by atoms with Gasteiger partial charge in [-0.15, -0.1) is 0 Å². The van der Waals surface area contributed by atoms with Crippen LogP contribution in [0.3, 0.4) is 0 Å². The third kappa shape index (κ3) is 3.03. The average Bonchev–Trinajstić information content (AvgIpc) is 3.40. The number of hydrogen-bond donors (Lipinski definition) is 1. The molecular formula is C23H23N5O3S. The molecule has 6 rings (SSSR count). The second kappa shape index (κ2) is 7.18. The first-order chi connectivity index (χ1) is 15.5. The SMILES string of the molecule is Cn1cnc(S(=O)(=O)N2C[C@H](Oc3ccccn3)[C@H]3C[C@@H]2Cc2c3[nH]c3ccccc23)c1. The number of nitrogens with zero attached hydrogens (tertiary/aromatic N) is 4. The van der Waals surface area contributed by atoms with Gasteiger partial charge in [0.15, 0.2) is 5.03 Å². The molecule has 0 unspecified atom stereocenters. The number of sulfonamides is 1. The maximum atomic E-state index is 13.6. The number of benzene rings is 1. The van der Waals surface area contributed by atoms with E-state index in [1.54, 1.807) is 34.4 Å². The molecule has 1 saturated heterocycles. The van der Waals surface area contributed by atoms with E-state index < -0.39 is 10.0 Å². The summed E-state index contributed by atoms with van der Waals surface area (Å²) in [6.07, 6.45) is 5.72. The smallest absolute Gasteiger partial charge is 0.262 e. The van der Waals surface area contributed by atoms with E-state index in [1.807, 2.05) is 24.3 Å². The lowest BCUT2D eigenvalue weighted by molar-refractivity contribution is 0.0657. The molecule has 0 amide bonds. The largest absolute Gasteiger partial charge is 0.472 e. The van der Waals surface area contributed by atoms with Crippen LogP contribution in [0.1, 0.15) is 23.6 Å². The third-order valence-electron chi connectivity index (χ3n) is 6.56. The zero-order chi connectivity index (χ0) is 21.9. The van der Waals surface area contributed by atoms with Crippen LogP contribution in [0.4, 0.5) is 0 Å². The van der Waals surface area contributed by atoms with Crippen molar-refractivity contribution in [3.05, 3.63) is 72.4 Å². The summed E-state index contributed by atoms with van der Waals surface area (Å²) < 4.78 is 36.7. The summed E-state index contributed by atoms with van der Waals surface area (Å²) in [7, 11) is -2.00. The zero-order valence-electron chi connectivity index (χ0n) is 17.5. The number of aromatic nitrogens is 4. The van der Waals surface area contributed by atoms with Crippen LogP contribution in [0.15, 0.2) is 66.2 Å². The molecule has 3 aromatic heterocycles. The molecule has 9 heteroatoms. The minimum Gasteiger partial charge on any atom is -0.472 e. The second-order valence-electron chi connectivity index (χ2n) is 8.54. The maximum Gasteiger partial charge on any atom is 0.262 e. The molecule has 1 N–H and O–H groups in total. The predicted molar refractivity (Wildman–Crippen MR) is 119 cm³/mol. The molecule has 32 heavy (non-hydrogen) atoms. The molecule has 4 aromatic rings. The van der Waals surface area contributed by atoms with Gasteiger partial charge in [0.25, 0.3) is 10.0 Å². The second-order valence-corrected chi connectivity index (χ2v) is 10.4. The summed E-state index contributed by atoms with van der Waals surface area (Å²) in [5, 5.41) is 1.21. The van der Waals surface area contributed by atoms with E-state index >= 15 is 0 Å². The van der Waals surface area contributed by atoms with Crippen molar-refractivity contribution in [1.29, 1.82) is 0 Å². The van der Waals surface area contributed by atoms with Crippen LogP contribution in [0.5, 0.6) is 5.88 Å². The maximum absolute atomic E-state index is 13.6. The van der Waals surface area contributed by atoms with Crippen LogP contribution in [-0.4, -0.2) is 50.9 Å². The highest BCUT2D eigenvalue weighted by molar-refractivity contribution is 7.89. The Labute approximate surface area is 185 Å².